The number of benzene rings is 1. The van der Waals surface area contributed by atoms with Crippen LogP contribution in [-0.4, -0.2) is 20.3 Å². The van der Waals surface area contributed by atoms with Crippen LogP contribution in [0, 0.1) is 0 Å². The van der Waals surface area contributed by atoms with Crippen molar-refractivity contribution in [1.29, 1.82) is 0 Å². The molecule has 2 aromatic heterocycles. The molecule has 0 aliphatic heterocycles. The molecule has 0 aliphatic rings. The van der Waals surface area contributed by atoms with E-state index in [1.807, 2.05) is 53.4 Å². The monoisotopic (exact) mass is 442 g/mol. The number of aromatic nitrogens is 3. The van der Waals surface area contributed by atoms with Gasteiger partial charge in [-0.05, 0) is 43.7 Å². The number of rotatable bonds is 7. The van der Waals surface area contributed by atoms with Crippen LogP contribution in [0.4, 0.5) is 17.6 Å². The number of carbonyl (C=O) groups excluding carboxylic acids is 1. The van der Waals surface area contributed by atoms with E-state index in [4.69, 9.17) is 11.6 Å². The van der Waals surface area contributed by atoms with Gasteiger partial charge in [0.1, 0.15) is 17.4 Å². The maximum absolute atomic E-state index is 13.4. The molecule has 5 nitrogen and oxygen atoms in total. The van der Waals surface area contributed by atoms with Crippen molar-refractivity contribution in [2.75, 3.05) is 0 Å². The highest BCUT2D eigenvalue weighted by molar-refractivity contribution is 6.32. The summed E-state index contributed by atoms with van der Waals surface area (Å²) in [4.78, 5) is 12.7. The Morgan fingerprint density at radius 2 is 1.73 bits per heavy atom. The number of alkyl halides is 4. The SMILES string of the molecule is CC(NC(=O)C(C)n1nc(C(F)F)c(Cl)c1C(F)F)c1cccc(-n2cccc2)c1. The first-order chi connectivity index (χ1) is 14.2. The van der Waals surface area contributed by atoms with Gasteiger partial charge in [0.05, 0.1) is 11.1 Å². The average Bonchev–Trinajstić information content (AvgIpc) is 3.35. The van der Waals surface area contributed by atoms with Crippen molar-refractivity contribution in [1.82, 2.24) is 19.7 Å². The minimum Gasteiger partial charge on any atom is -0.348 e. The third kappa shape index (κ3) is 4.35. The number of hydrogen-bond donors (Lipinski definition) is 1. The van der Waals surface area contributed by atoms with Crippen LogP contribution < -0.4 is 5.32 Å². The Bertz CT molecular complexity index is 1020. The van der Waals surface area contributed by atoms with Gasteiger partial charge >= 0.3 is 0 Å². The number of halogens is 5. The quantitative estimate of drug-likeness (QED) is 0.481. The molecule has 0 fully saturated rings. The molecule has 0 saturated heterocycles. The van der Waals surface area contributed by atoms with Gasteiger partial charge in [-0.1, -0.05) is 23.7 Å². The molecule has 30 heavy (non-hydrogen) atoms. The Hall–Kier alpha value is -2.81. The molecule has 0 aliphatic carbocycles. The Labute approximate surface area is 175 Å². The summed E-state index contributed by atoms with van der Waals surface area (Å²) in [5.41, 5.74) is -0.217. The van der Waals surface area contributed by atoms with Crippen LogP contribution in [0.1, 0.15) is 55.7 Å². The molecule has 0 radical (unpaired) electrons. The first kappa shape index (κ1) is 21.9. The van der Waals surface area contributed by atoms with Crippen LogP contribution >= 0.6 is 11.6 Å². The first-order valence-corrected chi connectivity index (χ1v) is 9.46. The lowest BCUT2D eigenvalue weighted by Gasteiger charge is -2.20. The van der Waals surface area contributed by atoms with Gasteiger partial charge in [-0.3, -0.25) is 4.79 Å². The van der Waals surface area contributed by atoms with E-state index >= 15 is 0 Å². The fourth-order valence-corrected chi connectivity index (χ4v) is 3.36. The predicted octanol–water partition coefficient (Wildman–Crippen LogP) is 5.64. The van der Waals surface area contributed by atoms with Crippen LogP contribution in [0.2, 0.25) is 5.02 Å². The summed E-state index contributed by atoms with van der Waals surface area (Å²) in [6.07, 6.45) is -2.55. The highest BCUT2D eigenvalue weighted by Gasteiger charge is 2.32. The van der Waals surface area contributed by atoms with Crippen molar-refractivity contribution in [3.63, 3.8) is 0 Å². The minimum absolute atomic E-state index is 0.467. The number of amides is 1. The molecule has 3 aromatic rings. The van der Waals surface area contributed by atoms with Crippen LogP contribution in [0.3, 0.4) is 0 Å². The van der Waals surface area contributed by atoms with E-state index in [9.17, 15) is 22.4 Å². The topological polar surface area (TPSA) is 51.9 Å². The van der Waals surface area contributed by atoms with Crippen molar-refractivity contribution < 1.29 is 22.4 Å². The van der Waals surface area contributed by atoms with E-state index in [1.165, 1.54) is 6.92 Å². The lowest BCUT2D eigenvalue weighted by atomic mass is 10.1. The van der Waals surface area contributed by atoms with Gasteiger partial charge in [0.25, 0.3) is 12.9 Å². The molecule has 2 atom stereocenters. The van der Waals surface area contributed by atoms with Gasteiger partial charge in [0, 0.05) is 18.1 Å². The van der Waals surface area contributed by atoms with E-state index in [0.717, 1.165) is 11.3 Å². The van der Waals surface area contributed by atoms with E-state index in [0.29, 0.717) is 4.68 Å². The van der Waals surface area contributed by atoms with Crippen molar-refractivity contribution in [2.24, 2.45) is 0 Å². The van der Waals surface area contributed by atoms with Crippen molar-refractivity contribution in [2.45, 2.75) is 38.8 Å². The highest BCUT2D eigenvalue weighted by atomic mass is 35.5. The van der Waals surface area contributed by atoms with Crippen molar-refractivity contribution in [3.05, 3.63) is 70.8 Å². The molecule has 0 bridgehead atoms. The van der Waals surface area contributed by atoms with Crippen molar-refractivity contribution in [3.8, 4) is 5.69 Å². The Balaban J connectivity index is 1.81. The number of nitrogens with zero attached hydrogens (tertiary/aromatic N) is 3. The Morgan fingerprint density at radius 1 is 1.07 bits per heavy atom. The Kier molecular flexibility index (Phi) is 6.50. The highest BCUT2D eigenvalue weighted by Crippen LogP contribution is 2.36. The van der Waals surface area contributed by atoms with Gasteiger partial charge in [-0.25, -0.2) is 22.2 Å². The molecule has 1 aromatic carbocycles. The molecule has 0 saturated carbocycles. The van der Waals surface area contributed by atoms with Crippen molar-refractivity contribution >= 4 is 17.5 Å². The summed E-state index contributed by atoms with van der Waals surface area (Å²) >= 11 is 5.66. The fraction of sp³-hybridized carbons (Fsp3) is 0.300. The van der Waals surface area contributed by atoms with E-state index < -0.39 is 47.3 Å². The maximum Gasteiger partial charge on any atom is 0.283 e. The lowest BCUT2D eigenvalue weighted by Crippen LogP contribution is -2.34. The summed E-state index contributed by atoms with van der Waals surface area (Å²) in [5, 5.41) is 5.35. The summed E-state index contributed by atoms with van der Waals surface area (Å²) in [6.45, 7) is 3.02. The van der Waals surface area contributed by atoms with E-state index in [-0.39, 0.29) is 0 Å². The zero-order valence-corrected chi connectivity index (χ0v) is 16.8. The van der Waals surface area contributed by atoms with Crippen LogP contribution in [-0.2, 0) is 4.79 Å². The second-order valence-electron chi connectivity index (χ2n) is 6.72. The predicted molar refractivity (Wildman–Crippen MR) is 104 cm³/mol. The van der Waals surface area contributed by atoms with Crippen LogP contribution in [0.25, 0.3) is 5.69 Å². The summed E-state index contributed by atoms with van der Waals surface area (Å²) < 4.78 is 55.3. The number of hydrogen-bond acceptors (Lipinski definition) is 2. The van der Waals surface area contributed by atoms with Crippen LogP contribution in [0.5, 0.6) is 0 Å². The molecular formula is C20H19ClF4N4O. The molecule has 10 heteroatoms. The van der Waals surface area contributed by atoms with Gasteiger partial charge < -0.3 is 9.88 Å². The van der Waals surface area contributed by atoms with Gasteiger partial charge in [0.2, 0.25) is 5.91 Å². The second kappa shape index (κ2) is 8.91. The van der Waals surface area contributed by atoms with Gasteiger partial charge in [0.15, 0.2) is 0 Å². The molecule has 3 rings (SSSR count). The standard InChI is InChI=1S/C20H19ClF4N4O/c1-11(13-6-5-7-14(10-13)28-8-3-4-9-28)26-20(30)12(2)29-17(19(24)25)15(21)16(27-29)18(22)23/h3-12,18-19H,1-2H3,(H,26,30). The van der Waals surface area contributed by atoms with E-state index in [1.54, 1.807) is 6.92 Å². The third-order valence-corrected chi connectivity index (χ3v) is 5.09. The first-order valence-electron chi connectivity index (χ1n) is 9.08. The summed E-state index contributed by atoms with van der Waals surface area (Å²) in [5.74, 6) is -0.657. The summed E-state index contributed by atoms with van der Waals surface area (Å²) in [6, 6.07) is 9.43. The number of nitrogens with one attached hydrogen (secondary N) is 1. The molecule has 2 heterocycles. The van der Waals surface area contributed by atoms with Gasteiger partial charge in [-0.2, -0.15) is 5.10 Å². The van der Waals surface area contributed by atoms with Gasteiger partial charge in [-0.15, -0.1) is 0 Å². The fourth-order valence-electron chi connectivity index (χ4n) is 3.07. The largest absolute Gasteiger partial charge is 0.348 e. The molecule has 1 amide bonds. The molecule has 2 unspecified atom stereocenters. The molecular weight excluding hydrogens is 424 g/mol. The smallest absolute Gasteiger partial charge is 0.283 e. The average molecular weight is 443 g/mol. The van der Waals surface area contributed by atoms with E-state index in [2.05, 4.69) is 10.4 Å². The second-order valence-corrected chi connectivity index (χ2v) is 7.10. The Morgan fingerprint density at radius 3 is 2.33 bits per heavy atom. The molecule has 1 N–H and O–H groups in total. The number of carbonyl (C=O) groups is 1. The zero-order valence-electron chi connectivity index (χ0n) is 16.1. The maximum atomic E-state index is 13.4. The normalized spacial score (nSPS) is 13.6. The zero-order chi connectivity index (χ0) is 22.0. The molecule has 160 valence electrons. The van der Waals surface area contributed by atoms with Crippen LogP contribution in [0.15, 0.2) is 48.8 Å². The minimum atomic E-state index is -3.16. The molecule has 0 spiro atoms. The summed E-state index contributed by atoms with van der Waals surface area (Å²) in [7, 11) is 0. The third-order valence-electron chi connectivity index (χ3n) is 4.70. The lowest BCUT2D eigenvalue weighted by molar-refractivity contribution is -0.125.